The summed E-state index contributed by atoms with van der Waals surface area (Å²) in [5.74, 6) is 0.231. The van der Waals surface area contributed by atoms with E-state index in [0.29, 0.717) is 20.8 Å². The molecule has 1 aliphatic heterocycles. The van der Waals surface area contributed by atoms with Gasteiger partial charge in [0.25, 0.3) is 5.56 Å². The van der Waals surface area contributed by atoms with Gasteiger partial charge in [-0.05, 0) is 65.4 Å². The van der Waals surface area contributed by atoms with Crippen LogP contribution in [0, 0.1) is 0 Å². The predicted octanol–water partition coefficient (Wildman–Crippen LogP) is 4.03. The Morgan fingerprint density at radius 1 is 1.03 bits per heavy atom. The molecule has 2 aliphatic rings. The first kappa shape index (κ1) is 23.9. The number of carboxylic acids is 1. The maximum Gasteiger partial charge on any atom is 0.335 e. The molecule has 0 bridgehead atoms. The molecule has 6 rings (SSSR count). The molecule has 4 aromatic rings. The van der Waals surface area contributed by atoms with E-state index in [4.69, 9.17) is 14.5 Å². The second-order valence-corrected chi connectivity index (χ2v) is 10.2. The fourth-order valence-corrected chi connectivity index (χ4v) is 6.22. The standard InChI is InChI=1S/C30H24N2O5S/c1-36-23-14-12-20(16-24(23)37-2)27-22-13-11-18-5-3-4-6-21(18)26(22)31-30-32(27)28(33)25(38-30)15-17-7-9-19(10-8-17)29(34)35/h3-10,12,14-16,27H,11,13H2,1-2H3,(H,34,35)/t27-/m1/s1. The Bertz CT molecular complexity index is 1800. The minimum atomic E-state index is -0.989. The molecule has 1 atom stereocenters. The van der Waals surface area contributed by atoms with Crippen molar-refractivity contribution in [2.75, 3.05) is 14.2 Å². The molecule has 3 aromatic carbocycles. The highest BCUT2D eigenvalue weighted by molar-refractivity contribution is 7.07. The maximum absolute atomic E-state index is 13.9. The van der Waals surface area contributed by atoms with E-state index in [-0.39, 0.29) is 17.2 Å². The summed E-state index contributed by atoms with van der Waals surface area (Å²) >= 11 is 1.34. The molecule has 0 saturated heterocycles. The topological polar surface area (TPSA) is 90.1 Å². The van der Waals surface area contributed by atoms with Crippen LogP contribution < -0.4 is 24.4 Å². The van der Waals surface area contributed by atoms with Crippen LogP contribution >= 0.6 is 11.3 Å². The SMILES string of the molecule is COc1ccc([C@@H]2C3=C(N=c4sc(=Cc5ccc(C(=O)O)cc5)c(=O)n42)c2ccccc2CC3)cc1OC. The van der Waals surface area contributed by atoms with Crippen LogP contribution in [0.5, 0.6) is 11.5 Å². The van der Waals surface area contributed by atoms with Gasteiger partial charge in [-0.15, -0.1) is 0 Å². The highest BCUT2D eigenvalue weighted by Gasteiger charge is 2.33. The highest BCUT2D eigenvalue weighted by Crippen LogP contribution is 2.42. The molecule has 0 fully saturated rings. The lowest BCUT2D eigenvalue weighted by atomic mass is 9.83. The van der Waals surface area contributed by atoms with Crippen LogP contribution in [0.4, 0.5) is 0 Å². The summed E-state index contributed by atoms with van der Waals surface area (Å²) in [6.45, 7) is 0. The molecule has 2 heterocycles. The van der Waals surface area contributed by atoms with Crippen LogP contribution in [0.3, 0.4) is 0 Å². The number of aromatic nitrogens is 1. The summed E-state index contributed by atoms with van der Waals surface area (Å²) in [5, 5.41) is 9.20. The molecule has 0 unspecified atom stereocenters. The van der Waals surface area contributed by atoms with Crippen molar-refractivity contribution in [2.45, 2.75) is 18.9 Å². The van der Waals surface area contributed by atoms with Gasteiger partial charge in [-0.3, -0.25) is 9.36 Å². The Hall–Kier alpha value is -4.43. The molecular weight excluding hydrogens is 500 g/mol. The summed E-state index contributed by atoms with van der Waals surface area (Å²) in [7, 11) is 3.20. The number of hydrogen-bond acceptors (Lipinski definition) is 6. The number of allylic oxidation sites excluding steroid dienone is 1. The number of carbonyl (C=O) groups is 1. The smallest absolute Gasteiger partial charge is 0.335 e. The number of aromatic carboxylic acids is 1. The molecule has 0 spiro atoms. The third kappa shape index (κ3) is 3.94. The zero-order valence-electron chi connectivity index (χ0n) is 20.8. The Morgan fingerprint density at radius 3 is 2.53 bits per heavy atom. The largest absolute Gasteiger partial charge is 0.493 e. The van der Waals surface area contributed by atoms with E-state index >= 15 is 0 Å². The van der Waals surface area contributed by atoms with Gasteiger partial charge >= 0.3 is 5.97 Å². The minimum Gasteiger partial charge on any atom is -0.493 e. The van der Waals surface area contributed by atoms with Crippen molar-refractivity contribution in [1.82, 2.24) is 4.57 Å². The molecule has 7 nitrogen and oxygen atoms in total. The fourth-order valence-electron chi connectivity index (χ4n) is 5.22. The molecule has 190 valence electrons. The van der Waals surface area contributed by atoms with Crippen molar-refractivity contribution in [3.8, 4) is 11.5 Å². The first-order chi connectivity index (χ1) is 18.5. The van der Waals surface area contributed by atoms with Crippen LogP contribution in [0.25, 0.3) is 11.8 Å². The number of carboxylic acid groups (broad SMARTS) is 1. The van der Waals surface area contributed by atoms with Gasteiger partial charge < -0.3 is 14.6 Å². The second kappa shape index (κ2) is 9.46. The number of ether oxygens (including phenoxy) is 2. The van der Waals surface area contributed by atoms with Crippen molar-refractivity contribution in [1.29, 1.82) is 0 Å². The number of rotatable bonds is 5. The lowest BCUT2D eigenvalue weighted by Crippen LogP contribution is -2.38. The monoisotopic (exact) mass is 524 g/mol. The molecule has 0 amide bonds. The number of benzene rings is 3. The lowest BCUT2D eigenvalue weighted by Gasteiger charge is -2.31. The third-order valence-electron chi connectivity index (χ3n) is 7.05. The number of fused-ring (bicyclic) bond motifs is 3. The van der Waals surface area contributed by atoms with Crippen LogP contribution in [0.2, 0.25) is 0 Å². The highest BCUT2D eigenvalue weighted by atomic mass is 32.1. The number of methoxy groups -OCH3 is 2. The molecule has 1 N–H and O–H groups in total. The minimum absolute atomic E-state index is 0.138. The molecule has 8 heteroatoms. The normalized spacial score (nSPS) is 16.3. The van der Waals surface area contributed by atoms with E-state index in [0.717, 1.165) is 40.8 Å². The zero-order valence-corrected chi connectivity index (χ0v) is 21.6. The van der Waals surface area contributed by atoms with Gasteiger partial charge in [0.1, 0.15) is 0 Å². The molecule has 1 aromatic heterocycles. The quantitative estimate of drug-likeness (QED) is 0.426. The first-order valence-electron chi connectivity index (χ1n) is 12.2. The van der Waals surface area contributed by atoms with Crippen molar-refractivity contribution in [2.24, 2.45) is 4.99 Å². The average molecular weight is 525 g/mol. The fraction of sp³-hybridized carbons (Fsp3) is 0.167. The average Bonchev–Trinajstić information content (AvgIpc) is 3.25. The zero-order chi connectivity index (χ0) is 26.4. The van der Waals surface area contributed by atoms with Gasteiger partial charge in [0.05, 0.1) is 36.1 Å². The van der Waals surface area contributed by atoms with Crippen LogP contribution in [0.1, 0.15) is 45.1 Å². The van der Waals surface area contributed by atoms with Gasteiger partial charge in [0.15, 0.2) is 16.3 Å². The number of nitrogens with zero attached hydrogens (tertiary/aromatic N) is 2. The van der Waals surface area contributed by atoms with Crippen molar-refractivity contribution in [3.05, 3.63) is 120 Å². The van der Waals surface area contributed by atoms with Crippen molar-refractivity contribution < 1.29 is 19.4 Å². The van der Waals surface area contributed by atoms with Gasteiger partial charge in [-0.25, -0.2) is 9.79 Å². The summed E-state index contributed by atoms with van der Waals surface area (Å²) in [5.41, 5.74) is 6.09. The summed E-state index contributed by atoms with van der Waals surface area (Å²) in [4.78, 5) is 30.8. The first-order valence-corrected chi connectivity index (χ1v) is 13.0. The summed E-state index contributed by atoms with van der Waals surface area (Å²) < 4.78 is 13.4. The van der Waals surface area contributed by atoms with Crippen molar-refractivity contribution in [3.63, 3.8) is 0 Å². The Balaban J connectivity index is 1.58. The number of aryl methyl sites for hydroxylation is 1. The predicted molar refractivity (Wildman–Crippen MR) is 146 cm³/mol. The Kier molecular flexibility index (Phi) is 5.96. The van der Waals surface area contributed by atoms with E-state index < -0.39 is 5.97 Å². The van der Waals surface area contributed by atoms with Gasteiger partial charge in [0.2, 0.25) is 0 Å². The number of thiazole rings is 1. The summed E-state index contributed by atoms with van der Waals surface area (Å²) in [6.07, 6.45) is 3.45. The van der Waals surface area contributed by atoms with Gasteiger partial charge in [0, 0.05) is 5.56 Å². The van der Waals surface area contributed by atoms with E-state index in [1.807, 2.05) is 30.3 Å². The summed E-state index contributed by atoms with van der Waals surface area (Å²) in [6, 6.07) is 20.2. The molecule has 1 aliphatic carbocycles. The van der Waals surface area contributed by atoms with E-state index in [1.54, 1.807) is 37.0 Å². The third-order valence-corrected chi connectivity index (χ3v) is 8.03. The van der Waals surface area contributed by atoms with E-state index in [2.05, 4.69) is 12.1 Å². The van der Waals surface area contributed by atoms with Gasteiger partial charge in [-0.2, -0.15) is 0 Å². The lowest BCUT2D eigenvalue weighted by molar-refractivity contribution is 0.0697. The van der Waals surface area contributed by atoms with Crippen molar-refractivity contribution >= 4 is 29.1 Å². The molecule has 0 saturated carbocycles. The van der Waals surface area contributed by atoms with Crippen LogP contribution in [0.15, 0.2) is 82.1 Å². The van der Waals surface area contributed by atoms with E-state index in [1.165, 1.54) is 29.0 Å². The maximum atomic E-state index is 13.9. The second-order valence-electron chi connectivity index (χ2n) is 9.16. The van der Waals surface area contributed by atoms with Crippen LogP contribution in [-0.2, 0) is 6.42 Å². The van der Waals surface area contributed by atoms with E-state index in [9.17, 15) is 14.7 Å². The Labute approximate surface area is 222 Å². The molecular formula is C30H24N2O5S. The number of hydrogen-bond donors (Lipinski definition) is 1. The van der Waals surface area contributed by atoms with Crippen LogP contribution in [-0.4, -0.2) is 29.9 Å². The molecule has 38 heavy (non-hydrogen) atoms. The molecule has 0 radical (unpaired) electrons. The van der Waals surface area contributed by atoms with Gasteiger partial charge in [-0.1, -0.05) is 53.8 Å². The Morgan fingerprint density at radius 2 is 1.79 bits per heavy atom.